The lowest BCUT2D eigenvalue weighted by atomic mass is 10.1. The van der Waals surface area contributed by atoms with Gasteiger partial charge >= 0.3 is 0 Å². The third-order valence-electron chi connectivity index (χ3n) is 2.25. The fraction of sp³-hybridized carbons (Fsp3) is 0. The predicted octanol–water partition coefficient (Wildman–Crippen LogP) is 4.67. The normalized spacial score (nSPS) is 12.0. The zero-order chi connectivity index (χ0) is 9.38. The van der Waals surface area contributed by atoms with Crippen molar-refractivity contribution in [2.75, 3.05) is 0 Å². The van der Waals surface area contributed by atoms with Crippen LogP contribution < -0.4 is 0 Å². The summed E-state index contributed by atoms with van der Waals surface area (Å²) in [7, 11) is 0. The fourth-order valence-corrected chi connectivity index (χ4v) is 1.57. The van der Waals surface area contributed by atoms with E-state index in [0.717, 1.165) is 22.7 Å². The molecule has 2 aromatic rings. The molecule has 0 spiro atoms. The van der Waals surface area contributed by atoms with Gasteiger partial charge in [-0.15, -0.1) is 0 Å². The van der Waals surface area contributed by atoms with Gasteiger partial charge in [-0.25, -0.2) is 0 Å². The van der Waals surface area contributed by atoms with Crippen molar-refractivity contribution in [3.63, 3.8) is 0 Å². The second-order valence-electron chi connectivity index (χ2n) is 3.20. The molecule has 0 bridgehead atoms. The number of para-hydroxylation sites is 4. The summed E-state index contributed by atoms with van der Waals surface area (Å²) in [5.74, 6) is 0. The number of benzene rings is 2. The van der Waals surface area contributed by atoms with E-state index >= 15 is 0 Å². The SMILES string of the molecule is c1ccc2c(c1)[N-]c1ccccc1[N-]2. The van der Waals surface area contributed by atoms with Crippen molar-refractivity contribution in [2.45, 2.75) is 0 Å². The number of hydrogen-bond donors (Lipinski definition) is 0. The third-order valence-corrected chi connectivity index (χ3v) is 2.25. The highest BCUT2D eigenvalue weighted by molar-refractivity contribution is 5.96. The molecule has 1 heterocycles. The van der Waals surface area contributed by atoms with Crippen LogP contribution >= 0.6 is 0 Å². The molecule has 14 heavy (non-hydrogen) atoms. The largest absolute Gasteiger partial charge is 0.660 e. The summed E-state index contributed by atoms with van der Waals surface area (Å²) in [6.07, 6.45) is 0. The predicted molar refractivity (Wildman–Crippen MR) is 58.2 cm³/mol. The van der Waals surface area contributed by atoms with E-state index in [4.69, 9.17) is 0 Å². The lowest BCUT2D eigenvalue weighted by Gasteiger charge is -2.44. The Balaban J connectivity index is 2.12. The smallest absolute Gasteiger partial charge is 0.0636 e. The van der Waals surface area contributed by atoms with Crippen LogP contribution in [0.4, 0.5) is 22.7 Å². The van der Waals surface area contributed by atoms with Crippen molar-refractivity contribution in [1.82, 2.24) is 0 Å². The minimum atomic E-state index is 0.950. The standard InChI is InChI=1S/C12H8N2/c1-2-6-10-9(5-1)13-11-7-3-4-8-12(11)14-10/h1-8H/q-2. The van der Waals surface area contributed by atoms with Crippen LogP contribution in [0, 0.1) is 0 Å². The topological polar surface area (TPSA) is 28.2 Å². The van der Waals surface area contributed by atoms with Crippen LogP contribution in [0.15, 0.2) is 48.5 Å². The molecule has 0 fully saturated rings. The van der Waals surface area contributed by atoms with Crippen molar-refractivity contribution in [3.05, 3.63) is 59.2 Å². The molecule has 68 valence electrons. The summed E-state index contributed by atoms with van der Waals surface area (Å²) in [5.41, 5.74) is 3.80. The molecule has 3 rings (SSSR count). The average molecular weight is 180 g/mol. The average Bonchev–Trinajstić information content (AvgIpc) is 2.26. The first kappa shape index (κ1) is 7.44. The second kappa shape index (κ2) is 2.77. The summed E-state index contributed by atoms with van der Waals surface area (Å²) < 4.78 is 0. The van der Waals surface area contributed by atoms with Gasteiger partial charge in [0.05, 0.1) is 0 Å². The maximum atomic E-state index is 4.52. The molecule has 0 N–H and O–H groups in total. The monoisotopic (exact) mass is 180 g/mol. The van der Waals surface area contributed by atoms with Gasteiger partial charge in [-0.2, -0.15) is 22.7 Å². The lowest BCUT2D eigenvalue weighted by molar-refractivity contribution is 1.55. The van der Waals surface area contributed by atoms with Gasteiger partial charge in [-0.1, -0.05) is 48.5 Å². The summed E-state index contributed by atoms with van der Waals surface area (Å²) in [5, 5.41) is 9.03. The van der Waals surface area contributed by atoms with Crippen LogP contribution in [-0.4, -0.2) is 0 Å². The lowest BCUT2D eigenvalue weighted by Crippen LogP contribution is -1.80. The summed E-state index contributed by atoms with van der Waals surface area (Å²) in [4.78, 5) is 0. The fourth-order valence-electron chi connectivity index (χ4n) is 1.57. The van der Waals surface area contributed by atoms with Gasteiger partial charge < -0.3 is 10.6 Å². The van der Waals surface area contributed by atoms with Crippen molar-refractivity contribution >= 4 is 22.7 Å². The molecular formula is C12H8N2-2. The van der Waals surface area contributed by atoms with E-state index in [1.807, 2.05) is 48.5 Å². The van der Waals surface area contributed by atoms with E-state index in [1.54, 1.807) is 0 Å². The summed E-state index contributed by atoms with van der Waals surface area (Å²) >= 11 is 0. The minimum absolute atomic E-state index is 0.950. The second-order valence-corrected chi connectivity index (χ2v) is 3.20. The van der Waals surface area contributed by atoms with Crippen LogP contribution in [0.25, 0.3) is 10.6 Å². The van der Waals surface area contributed by atoms with Crippen molar-refractivity contribution in [2.24, 2.45) is 0 Å². The van der Waals surface area contributed by atoms with Gasteiger partial charge in [0.25, 0.3) is 0 Å². The zero-order valence-electron chi connectivity index (χ0n) is 7.51. The van der Waals surface area contributed by atoms with Crippen molar-refractivity contribution in [3.8, 4) is 0 Å². The van der Waals surface area contributed by atoms with E-state index in [0.29, 0.717) is 0 Å². The van der Waals surface area contributed by atoms with Crippen LogP contribution in [0.2, 0.25) is 0 Å². The summed E-state index contributed by atoms with van der Waals surface area (Å²) in [6, 6.07) is 15.8. The molecule has 1 aliphatic rings. The number of fused-ring (bicyclic) bond motifs is 2. The van der Waals surface area contributed by atoms with E-state index in [2.05, 4.69) is 10.6 Å². The highest BCUT2D eigenvalue weighted by Crippen LogP contribution is 2.53. The minimum Gasteiger partial charge on any atom is -0.660 e. The van der Waals surface area contributed by atoms with Gasteiger partial charge in [0.15, 0.2) is 0 Å². The van der Waals surface area contributed by atoms with Crippen LogP contribution in [0.3, 0.4) is 0 Å². The summed E-state index contributed by atoms with van der Waals surface area (Å²) in [6.45, 7) is 0. The van der Waals surface area contributed by atoms with E-state index < -0.39 is 0 Å². The zero-order valence-corrected chi connectivity index (χ0v) is 7.51. The molecule has 2 nitrogen and oxygen atoms in total. The van der Waals surface area contributed by atoms with Gasteiger partial charge in [-0.3, -0.25) is 0 Å². The van der Waals surface area contributed by atoms with Gasteiger partial charge in [0, 0.05) is 0 Å². The molecule has 0 aromatic heterocycles. The van der Waals surface area contributed by atoms with Crippen molar-refractivity contribution < 1.29 is 0 Å². The molecule has 0 saturated carbocycles. The first-order chi connectivity index (χ1) is 6.93. The highest BCUT2D eigenvalue weighted by Gasteiger charge is 1.92. The Morgan fingerprint density at radius 3 is 1.07 bits per heavy atom. The maximum absolute atomic E-state index is 4.52. The van der Waals surface area contributed by atoms with Crippen LogP contribution in [-0.2, 0) is 0 Å². The molecule has 0 amide bonds. The first-order valence-corrected chi connectivity index (χ1v) is 4.55. The van der Waals surface area contributed by atoms with E-state index in [-0.39, 0.29) is 0 Å². The molecule has 2 heteroatoms. The molecule has 0 saturated heterocycles. The highest BCUT2D eigenvalue weighted by atomic mass is 15.0. The molecule has 1 aliphatic heterocycles. The molecule has 0 unspecified atom stereocenters. The maximum Gasteiger partial charge on any atom is -0.0636 e. The number of hydrogen-bond acceptors (Lipinski definition) is 0. The first-order valence-electron chi connectivity index (χ1n) is 4.55. The Kier molecular flexibility index (Phi) is 1.47. The molecule has 0 radical (unpaired) electrons. The molecule has 0 aliphatic carbocycles. The Morgan fingerprint density at radius 2 is 0.786 bits per heavy atom. The van der Waals surface area contributed by atoms with Crippen LogP contribution in [0.1, 0.15) is 0 Å². The molecular weight excluding hydrogens is 172 g/mol. The Morgan fingerprint density at radius 1 is 0.500 bits per heavy atom. The van der Waals surface area contributed by atoms with Crippen LogP contribution in [0.5, 0.6) is 0 Å². The Labute approximate surface area is 82.6 Å². The quantitative estimate of drug-likeness (QED) is 0.480. The third kappa shape index (κ3) is 1.04. The molecule has 2 aromatic carbocycles. The number of nitrogens with zero attached hydrogens (tertiary/aromatic N) is 2. The van der Waals surface area contributed by atoms with Crippen molar-refractivity contribution in [1.29, 1.82) is 0 Å². The Bertz CT molecular complexity index is 390. The van der Waals surface area contributed by atoms with Gasteiger partial charge in [0.2, 0.25) is 0 Å². The van der Waals surface area contributed by atoms with E-state index in [9.17, 15) is 0 Å². The van der Waals surface area contributed by atoms with E-state index in [1.165, 1.54) is 0 Å². The van der Waals surface area contributed by atoms with Gasteiger partial charge in [-0.05, 0) is 0 Å². The Hall–Kier alpha value is -1.96. The number of rotatable bonds is 0. The van der Waals surface area contributed by atoms with Gasteiger partial charge in [0.1, 0.15) is 0 Å². The molecule has 0 atom stereocenters.